The lowest BCUT2D eigenvalue weighted by atomic mass is 9.81. The van der Waals surface area contributed by atoms with E-state index in [-0.39, 0.29) is 23.9 Å². The highest BCUT2D eigenvalue weighted by Crippen LogP contribution is 2.31. The number of carboxylic acid groups (broad SMARTS) is 1. The number of unbranched alkanes of at least 4 members (excludes halogenated alkanes) is 5. The minimum absolute atomic E-state index is 0.00222. The van der Waals surface area contributed by atoms with Crippen molar-refractivity contribution in [1.29, 1.82) is 0 Å². The van der Waals surface area contributed by atoms with E-state index in [2.05, 4.69) is 27.7 Å². The molecule has 1 saturated carbocycles. The Morgan fingerprint density at radius 2 is 1.27 bits per heavy atom. The number of carbonyl (C=O) groups is 2. The summed E-state index contributed by atoms with van der Waals surface area (Å²) in [5.41, 5.74) is 0. The maximum atomic E-state index is 12.7. The molecular formula is C26H48O4. The number of ether oxygens (including phenoxy) is 1. The highest BCUT2D eigenvalue weighted by molar-refractivity contribution is 5.75. The summed E-state index contributed by atoms with van der Waals surface area (Å²) in [4.78, 5) is 24.0. The third kappa shape index (κ3) is 12.6. The Morgan fingerprint density at radius 1 is 0.767 bits per heavy atom. The average molecular weight is 425 g/mol. The number of hydrogen-bond donors (Lipinski definition) is 1. The van der Waals surface area contributed by atoms with Gasteiger partial charge in [-0.2, -0.15) is 0 Å². The molecule has 176 valence electrons. The van der Waals surface area contributed by atoms with Crippen molar-refractivity contribution in [3.63, 3.8) is 0 Å². The summed E-state index contributed by atoms with van der Waals surface area (Å²) in [7, 11) is 0. The molecule has 1 aliphatic rings. The summed E-state index contributed by atoms with van der Waals surface area (Å²) in [5, 5.41) is 9.28. The second-order valence-corrected chi connectivity index (χ2v) is 10.4. The van der Waals surface area contributed by atoms with Gasteiger partial charge in [-0.15, -0.1) is 0 Å². The minimum atomic E-state index is -0.769. The first kappa shape index (κ1) is 27.0. The van der Waals surface area contributed by atoms with E-state index in [0.29, 0.717) is 18.8 Å². The van der Waals surface area contributed by atoms with Crippen LogP contribution in [0.25, 0.3) is 0 Å². The Hall–Kier alpha value is -1.06. The number of rotatable bonds is 16. The maximum absolute atomic E-state index is 12.7. The quantitative estimate of drug-likeness (QED) is 0.207. The van der Waals surface area contributed by atoms with Crippen molar-refractivity contribution < 1.29 is 19.4 Å². The molecule has 1 rings (SSSR count). The third-order valence-electron chi connectivity index (χ3n) is 6.50. The molecule has 0 amide bonds. The summed E-state index contributed by atoms with van der Waals surface area (Å²) in [6.45, 7) is 9.04. The fourth-order valence-electron chi connectivity index (χ4n) is 4.54. The Morgan fingerprint density at radius 3 is 1.87 bits per heavy atom. The van der Waals surface area contributed by atoms with Gasteiger partial charge >= 0.3 is 11.9 Å². The number of esters is 1. The van der Waals surface area contributed by atoms with Crippen molar-refractivity contribution in [2.24, 2.45) is 23.7 Å². The van der Waals surface area contributed by atoms with Gasteiger partial charge in [0.05, 0.1) is 11.8 Å². The molecule has 0 heterocycles. The van der Waals surface area contributed by atoms with Crippen molar-refractivity contribution >= 4 is 11.9 Å². The molecule has 4 heteroatoms. The van der Waals surface area contributed by atoms with Gasteiger partial charge < -0.3 is 9.84 Å². The second-order valence-electron chi connectivity index (χ2n) is 10.4. The van der Waals surface area contributed by atoms with Gasteiger partial charge in [0.2, 0.25) is 0 Å². The van der Waals surface area contributed by atoms with Crippen LogP contribution in [0.1, 0.15) is 124 Å². The van der Waals surface area contributed by atoms with E-state index in [1.165, 1.54) is 38.5 Å². The topological polar surface area (TPSA) is 63.6 Å². The zero-order valence-corrected chi connectivity index (χ0v) is 20.2. The molecule has 0 aromatic heterocycles. The van der Waals surface area contributed by atoms with Crippen LogP contribution < -0.4 is 0 Å². The highest BCUT2D eigenvalue weighted by Gasteiger charge is 2.32. The number of aliphatic carboxylic acids is 1. The molecule has 3 atom stereocenters. The first-order chi connectivity index (χ1) is 14.3. The predicted molar refractivity (Wildman–Crippen MR) is 123 cm³/mol. The predicted octanol–water partition coefficient (Wildman–Crippen LogP) is 7.39. The lowest BCUT2D eigenvalue weighted by molar-refractivity contribution is -0.158. The summed E-state index contributed by atoms with van der Waals surface area (Å²) < 4.78 is 5.94. The van der Waals surface area contributed by atoms with Crippen LogP contribution in [0.2, 0.25) is 0 Å². The van der Waals surface area contributed by atoms with Crippen LogP contribution >= 0.6 is 0 Å². The maximum Gasteiger partial charge on any atom is 0.309 e. The van der Waals surface area contributed by atoms with E-state index in [4.69, 9.17) is 4.74 Å². The van der Waals surface area contributed by atoms with Crippen LogP contribution in [0, 0.1) is 23.7 Å². The van der Waals surface area contributed by atoms with E-state index >= 15 is 0 Å². The lowest BCUT2D eigenvalue weighted by Gasteiger charge is -2.27. The van der Waals surface area contributed by atoms with Crippen molar-refractivity contribution in [3.05, 3.63) is 0 Å². The summed E-state index contributed by atoms with van der Waals surface area (Å²) >= 11 is 0. The summed E-state index contributed by atoms with van der Waals surface area (Å²) in [6, 6.07) is 0. The Balaban J connectivity index is 2.37. The van der Waals surface area contributed by atoms with E-state index in [0.717, 1.165) is 50.9 Å². The fourth-order valence-corrected chi connectivity index (χ4v) is 4.54. The second kappa shape index (κ2) is 15.7. The standard InChI is InChI=1S/C26H48O4/c1-20(2)13-9-7-5-6-8-10-17-24(18-11-14-21(3)4)30-26(29)23-16-12-15-22(19-23)25(27)28/h20-24H,5-19H2,1-4H3,(H,27,28). The van der Waals surface area contributed by atoms with Gasteiger partial charge in [-0.3, -0.25) is 9.59 Å². The highest BCUT2D eigenvalue weighted by atomic mass is 16.5. The van der Waals surface area contributed by atoms with Crippen LogP contribution in [0.5, 0.6) is 0 Å². The molecule has 1 fully saturated rings. The van der Waals surface area contributed by atoms with Crippen LogP contribution in [-0.4, -0.2) is 23.1 Å². The average Bonchev–Trinajstić information content (AvgIpc) is 2.69. The van der Waals surface area contributed by atoms with Crippen molar-refractivity contribution in [3.8, 4) is 0 Å². The SMILES string of the molecule is CC(C)CCCCCCCCC(CCCC(C)C)OC(=O)C1CCCC(C(=O)O)C1. The number of carbonyl (C=O) groups excluding carboxylic acids is 1. The first-order valence-electron chi connectivity index (χ1n) is 12.7. The lowest BCUT2D eigenvalue weighted by Crippen LogP contribution is -2.31. The summed E-state index contributed by atoms with van der Waals surface area (Å²) in [5.74, 6) is -0.0542. The van der Waals surface area contributed by atoms with E-state index < -0.39 is 5.97 Å². The zero-order valence-electron chi connectivity index (χ0n) is 20.2. The molecular weight excluding hydrogens is 376 g/mol. The molecule has 1 aliphatic carbocycles. The minimum Gasteiger partial charge on any atom is -0.481 e. The monoisotopic (exact) mass is 424 g/mol. The molecule has 0 bridgehead atoms. The molecule has 3 unspecified atom stereocenters. The summed E-state index contributed by atoms with van der Waals surface area (Å²) in [6.07, 6.45) is 15.8. The largest absolute Gasteiger partial charge is 0.481 e. The van der Waals surface area contributed by atoms with E-state index in [1.807, 2.05) is 0 Å². The van der Waals surface area contributed by atoms with Gasteiger partial charge in [-0.25, -0.2) is 0 Å². The molecule has 0 radical (unpaired) electrons. The molecule has 0 aromatic rings. The molecule has 0 aliphatic heterocycles. The van der Waals surface area contributed by atoms with Gasteiger partial charge in [-0.1, -0.05) is 79.1 Å². The van der Waals surface area contributed by atoms with E-state index in [1.54, 1.807) is 0 Å². The Labute approximate surface area is 185 Å². The number of carboxylic acids is 1. The molecule has 0 saturated heterocycles. The Kier molecular flexibility index (Phi) is 14.1. The van der Waals surface area contributed by atoms with Crippen LogP contribution in [0.4, 0.5) is 0 Å². The first-order valence-corrected chi connectivity index (χ1v) is 12.7. The fraction of sp³-hybridized carbons (Fsp3) is 0.923. The van der Waals surface area contributed by atoms with Crippen LogP contribution in [0.3, 0.4) is 0 Å². The van der Waals surface area contributed by atoms with Crippen molar-refractivity contribution in [1.82, 2.24) is 0 Å². The normalized spacial score (nSPS) is 20.5. The van der Waals surface area contributed by atoms with Crippen molar-refractivity contribution in [2.45, 2.75) is 130 Å². The molecule has 4 nitrogen and oxygen atoms in total. The van der Waals surface area contributed by atoms with Gasteiger partial charge in [0, 0.05) is 0 Å². The zero-order chi connectivity index (χ0) is 22.4. The molecule has 0 aromatic carbocycles. The number of hydrogen-bond acceptors (Lipinski definition) is 3. The van der Waals surface area contributed by atoms with Crippen LogP contribution in [-0.2, 0) is 14.3 Å². The van der Waals surface area contributed by atoms with Crippen molar-refractivity contribution in [2.75, 3.05) is 0 Å². The smallest absolute Gasteiger partial charge is 0.309 e. The molecule has 0 spiro atoms. The van der Waals surface area contributed by atoms with E-state index in [9.17, 15) is 14.7 Å². The Bertz CT molecular complexity index is 472. The molecule has 1 N–H and O–H groups in total. The van der Waals surface area contributed by atoms with Crippen LogP contribution in [0.15, 0.2) is 0 Å². The van der Waals surface area contributed by atoms with Gasteiger partial charge in [-0.05, 0) is 56.8 Å². The van der Waals surface area contributed by atoms with Gasteiger partial charge in [0.15, 0.2) is 0 Å². The molecule has 30 heavy (non-hydrogen) atoms. The third-order valence-corrected chi connectivity index (χ3v) is 6.50. The van der Waals surface area contributed by atoms with Gasteiger partial charge in [0.25, 0.3) is 0 Å². The van der Waals surface area contributed by atoms with Gasteiger partial charge in [0.1, 0.15) is 6.10 Å².